The van der Waals surface area contributed by atoms with Crippen LogP contribution in [0.5, 0.6) is 0 Å². The van der Waals surface area contributed by atoms with Gasteiger partial charge in [-0.15, -0.1) is 0 Å². The number of fused-ring (bicyclic) bond motifs is 1. The van der Waals surface area contributed by atoms with E-state index in [2.05, 4.69) is 22.4 Å². The highest BCUT2D eigenvalue weighted by atomic mass is 16.1. The van der Waals surface area contributed by atoms with E-state index in [9.17, 15) is 9.59 Å². The van der Waals surface area contributed by atoms with Gasteiger partial charge in [0.1, 0.15) is 0 Å². The smallest absolute Gasteiger partial charge is 0.244 e. The summed E-state index contributed by atoms with van der Waals surface area (Å²) in [7, 11) is 0. The summed E-state index contributed by atoms with van der Waals surface area (Å²) in [5.41, 5.74) is 4.67. The van der Waals surface area contributed by atoms with Gasteiger partial charge in [-0.05, 0) is 54.7 Å². The van der Waals surface area contributed by atoms with Crippen molar-refractivity contribution in [1.29, 1.82) is 0 Å². The molecule has 1 heterocycles. The molecular formula is C23H21N3O2. The van der Waals surface area contributed by atoms with Crippen LogP contribution in [0, 0.1) is 0 Å². The van der Waals surface area contributed by atoms with E-state index in [-0.39, 0.29) is 17.7 Å². The van der Waals surface area contributed by atoms with Crippen LogP contribution >= 0.6 is 0 Å². The van der Waals surface area contributed by atoms with Crippen molar-refractivity contribution in [2.24, 2.45) is 0 Å². The van der Waals surface area contributed by atoms with Crippen molar-refractivity contribution in [2.45, 2.75) is 25.8 Å². The molecule has 1 unspecified atom stereocenters. The molecule has 1 amide bonds. The summed E-state index contributed by atoms with van der Waals surface area (Å²) in [6.45, 7) is 1.54. The molecule has 3 aromatic rings. The highest BCUT2D eigenvalue weighted by Gasteiger charge is 2.22. The number of aryl methyl sites for hydroxylation is 1. The van der Waals surface area contributed by atoms with Crippen molar-refractivity contribution >= 4 is 17.8 Å². The normalized spacial score (nSPS) is 15.5. The summed E-state index contributed by atoms with van der Waals surface area (Å²) in [4.78, 5) is 28.5. The molecule has 2 aromatic carbocycles. The number of ketones is 1. The molecule has 0 aliphatic heterocycles. The quantitative estimate of drug-likeness (QED) is 0.547. The molecule has 1 aromatic heterocycles. The van der Waals surface area contributed by atoms with Gasteiger partial charge in [-0.25, -0.2) is 4.98 Å². The van der Waals surface area contributed by atoms with E-state index in [1.54, 1.807) is 35.4 Å². The van der Waals surface area contributed by atoms with Gasteiger partial charge in [0.2, 0.25) is 5.91 Å². The first kappa shape index (κ1) is 17.9. The Hall–Kier alpha value is -3.47. The van der Waals surface area contributed by atoms with Crippen LogP contribution in [0.3, 0.4) is 0 Å². The van der Waals surface area contributed by atoms with Crippen molar-refractivity contribution in [3.05, 3.63) is 89.5 Å². The van der Waals surface area contributed by atoms with Crippen LogP contribution in [0.25, 0.3) is 11.8 Å². The molecule has 0 saturated carbocycles. The fourth-order valence-corrected chi connectivity index (χ4v) is 3.66. The second kappa shape index (κ2) is 7.64. The zero-order chi connectivity index (χ0) is 19.5. The second-order valence-corrected chi connectivity index (χ2v) is 6.93. The molecular weight excluding hydrogens is 350 g/mol. The van der Waals surface area contributed by atoms with Crippen LogP contribution in [0.2, 0.25) is 0 Å². The van der Waals surface area contributed by atoms with E-state index in [4.69, 9.17) is 0 Å². The fourth-order valence-electron chi connectivity index (χ4n) is 3.66. The Bertz CT molecular complexity index is 1050. The molecule has 1 N–H and O–H groups in total. The highest BCUT2D eigenvalue weighted by Crippen LogP contribution is 2.30. The molecule has 0 radical (unpaired) electrons. The lowest BCUT2D eigenvalue weighted by atomic mass is 10.0. The first-order chi connectivity index (χ1) is 13.6. The second-order valence-electron chi connectivity index (χ2n) is 6.93. The predicted molar refractivity (Wildman–Crippen MR) is 108 cm³/mol. The van der Waals surface area contributed by atoms with Gasteiger partial charge in [0.05, 0.1) is 18.1 Å². The summed E-state index contributed by atoms with van der Waals surface area (Å²) >= 11 is 0. The van der Waals surface area contributed by atoms with E-state index in [1.807, 2.05) is 24.3 Å². The maximum atomic E-state index is 12.4. The summed E-state index contributed by atoms with van der Waals surface area (Å²) in [5, 5.41) is 3.07. The molecule has 1 aliphatic carbocycles. The summed E-state index contributed by atoms with van der Waals surface area (Å²) in [6, 6.07) is 13.8. The lowest BCUT2D eigenvalue weighted by Gasteiger charge is -2.12. The van der Waals surface area contributed by atoms with Gasteiger partial charge in [-0.3, -0.25) is 9.59 Å². The van der Waals surface area contributed by atoms with Crippen molar-refractivity contribution in [1.82, 2.24) is 14.9 Å². The largest absolute Gasteiger partial charge is 0.346 e. The van der Waals surface area contributed by atoms with Gasteiger partial charge in [-0.2, -0.15) is 0 Å². The predicted octanol–water partition coefficient (Wildman–Crippen LogP) is 3.89. The molecule has 0 spiro atoms. The molecule has 5 nitrogen and oxygen atoms in total. The zero-order valence-corrected chi connectivity index (χ0v) is 15.6. The van der Waals surface area contributed by atoms with Crippen LogP contribution in [-0.2, 0) is 11.2 Å². The standard InChI is InChI=1S/C23H21N3O2/c1-16(27)20-14-17(6-10-22(20)26-13-12-24-15-26)7-11-23(28)25-21-9-8-18-4-2-3-5-19(18)21/h2-7,10-15,21H,8-9H2,1H3,(H,25,28). The maximum absolute atomic E-state index is 12.4. The number of benzene rings is 2. The van der Waals surface area contributed by atoms with Gasteiger partial charge in [-0.1, -0.05) is 30.3 Å². The van der Waals surface area contributed by atoms with Crippen molar-refractivity contribution in [2.75, 3.05) is 0 Å². The van der Waals surface area contributed by atoms with Crippen molar-refractivity contribution in [3.63, 3.8) is 0 Å². The molecule has 140 valence electrons. The van der Waals surface area contributed by atoms with Gasteiger partial charge < -0.3 is 9.88 Å². The van der Waals surface area contributed by atoms with E-state index < -0.39 is 0 Å². The summed E-state index contributed by atoms with van der Waals surface area (Å²) < 4.78 is 1.80. The van der Waals surface area contributed by atoms with Crippen molar-refractivity contribution < 1.29 is 9.59 Å². The third-order valence-corrected chi connectivity index (χ3v) is 5.06. The molecule has 1 atom stereocenters. The Morgan fingerprint density at radius 3 is 2.86 bits per heavy atom. The number of hydrogen-bond acceptors (Lipinski definition) is 3. The molecule has 4 rings (SSSR count). The summed E-state index contributed by atoms with van der Waals surface area (Å²) in [5.74, 6) is -0.171. The summed E-state index contributed by atoms with van der Waals surface area (Å²) in [6.07, 6.45) is 10.3. The number of imidazole rings is 1. The highest BCUT2D eigenvalue weighted by molar-refractivity contribution is 5.99. The van der Waals surface area contributed by atoms with Crippen LogP contribution in [0.4, 0.5) is 0 Å². The minimum Gasteiger partial charge on any atom is -0.346 e. The Balaban J connectivity index is 1.49. The third-order valence-electron chi connectivity index (χ3n) is 5.06. The minimum absolute atomic E-state index is 0.0361. The zero-order valence-electron chi connectivity index (χ0n) is 15.6. The topological polar surface area (TPSA) is 64.0 Å². The molecule has 0 saturated heterocycles. The van der Waals surface area contributed by atoms with Gasteiger partial charge in [0.25, 0.3) is 0 Å². The Morgan fingerprint density at radius 2 is 2.07 bits per heavy atom. The van der Waals surface area contributed by atoms with Gasteiger partial charge in [0.15, 0.2) is 5.78 Å². The maximum Gasteiger partial charge on any atom is 0.244 e. The van der Waals surface area contributed by atoms with Crippen molar-refractivity contribution in [3.8, 4) is 5.69 Å². The number of carbonyl (C=O) groups is 2. The molecule has 0 fully saturated rings. The van der Waals surface area contributed by atoms with E-state index in [1.165, 1.54) is 24.1 Å². The van der Waals surface area contributed by atoms with E-state index in [0.717, 1.165) is 24.1 Å². The number of nitrogens with one attached hydrogen (secondary N) is 1. The van der Waals surface area contributed by atoms with Crippen LogP contribution in [-0.4, -0.2) is 21.2 Å². The van der Waals surface area contributed by atoms with Crippen LogP contribution in [0.15, 0.2) is 67.3 Å². The van der Waals surface area contributed by atoms with E-state index in [0.29, 0.717) is 5.56 Å². The number of carbonyl (C=O) groups excluding carboxylic acids is 2. The Morgan fingerprint density at radius 1 is 1.21 bits per heavy atom. The van der Waals surface area contributed by atoms with Gasteiger partial charge in [0, 0.05) is 24.0 Å². The third kappa shape index (κ3) is 3.64. The van der Waals surface area contributed by atoms with Gasteiger partial charge >= 0.3 is 0 Å². The number of Topliss-reactive ketones (excluding diaryl/α,β-unsaturated/α-hetero) is 1. The lowest BCUT2D eigenvalue weighted by Crippen LogP contribution is -2.25. The number of amides is 1. The Labute approximate surface area is 163 Å². The number of aromatic nitrogens is 2. The van der Waals surface area contributed by atoms with Crippen LogP contribution in [0.1, 0.15) is 46.4 Å². The average molecular weight is 371 g/mol. The molecule has 28 heavy (non-hydrogen) atoms. The minimum atomic E-state index is -0.134. The molecule has 1 aliphatic rings. The first-order valence-electron chi connectivity index (χ1n) is 9.31. The fraction of sp³-hybridized carbons (Fsp3) is 0.174. The SMILES string of the molecule is CC(=O)c1cc(C=CC(=O)NC2CCc3ccccc32)ccc1-n1ccnc1. The number of nitrogens with zero attached hydrogens (tertiary/aromatic N) is 2. The monoisotopic (exact) mass is 371 g/mol. The van der Waals surface area contributed by atoms with Crippen LogP contribution < -0.4 is 5.32 Å². The Kier molecular flexibility index (Phi) is 4.89. The van der Waals surface area contributed by atoms with E-state index >= 15 is 0 Å². The number of hydrogen-bond donors (Lipinski definition) is 1. The molecule has 5 heteroatoms. The first-order valence-corrected chi connectivity index (χ1v) is 9.31. The number of rotatable bonds is 5. The molecule has 0 bridgehead atoms. The lowest BCUT2D eigenvalue weighted by molar-refractivity contribution is -0.117. The average Bonchev–Trinajstić information content (AvgIpc) is 3.37.